The Labute approximate surface area is 230 Å². The molecule has 0 unspecified atom stereocenters. The van der Waals surface area contributed by atoms with Crippen molar-refractivity contribution in [2.45, 2.75) is 6.92 Å². The highest BCUT2D eigenvalue weighted by molar-refractivity contribution is 5.94. The highest BCUT2D eigenvalue weighted by Crippen LogP contribution is 2.28. The second-order valence-electron chi connectivity index (χ2n) is 9.20. The molecule has 206 valence electrons. The number of nitrogens with zero attached hydrogens (tertiary/aromatic N) is 4. The van der Waals surface area contributed by atoms with E-state index >= 15 is 0 Å². The number of carbonyl (C=O) groups is 2. The van der Waals surface area contributed by atoms with Crippen molar-refractivity contribution < 1.29 is 27.8 Å². The SMILES string of the molecule is CCOC(=O)c1cc(-c2ccc(N3CCN(C(=O)c4ccc(F)c(F)c4)CC3)cc2)n(-c2ccc(OC)cc2)n1. The van der Waals surface area contributed by atoms with Crippen molar-refractivity contribution >= 4 is 17.6 Å². The van der Waals surface area contributed by atoms with Crippen LogP contribution in [0.3, 0.4) is 0 Å². The normalized spacial score (nSPS) is 13.3. The number of carbonyl (C=O) groups excluding carboxylic acids is 2. The molecule has 1 saturated heterocycles. The molecule has 10 heteroatoms. The second-order valence-corrected chi connectivity index (χ2v) is 9.20. The second kappa shape index (κ2) is 11.6. The summed E-state index contributed by atoms with van der Waals surface area (Å²) in [6.45, 7) is 4.07. The molecule has 1 fully saturated rings. The first-order valence-corrected chi connectivity index (χ1v) is 12.9. The molecule has 1 aliphatic rings. The number of piperazine rings is 1. The predicted molar refractivity (Wildman–Crippen MR) is 146 cm³/mol. The summed E-state index contributed by atoms with van der Waals surface area (Å²) < 4.78 is 39.0. The number of anilines is 1. The van der Waals surface area contributed by atoms with Gasteiger partial charge < -0.3 is 19.3 Å². The molecule has 8 nitrogen and oxygen atoms in total. The summed E-state index contributed by atoms with van der Waals surface area (Å²) in [7, 11) is 1.60. The highest BCUT2D eigenvalue weighted by Gasteiger charge is 2.24. The topological polar surface area (TPSA) is 76.9 Å². The Balaban J connectivity index is 1.33. The van der Waals surface area contributed by atoms with Gasteiger partial charge in [-0.1, -0.05) is 12.1 Å². The van der Waals surface area contributed by atoms with Gasteiger partial charge in [0.05, 0.1) is 25.1 Å². The fourth-order valence-corrected chi connectivity index (χ4v) is 4.63. The Morgan fingerprint density at radius 2 is 1.52 bits per heavy atom. The van der Waals surface area contributed by atoms with Gasteiger partial charge in [-0.2, -0.15) is 5.10 Å². The smallest absolute Gasteiger partial charge is 0.358 e. The van der Waals surface area contributed by atoms with Crippen molar-refractivity contribution in [3.63, 3.8) is 0 Å². The van der Waals surface area contributed by atoms with Crippen LogP contribution in [0, 0.1) is 11.6 Å². The molecule has 0 saturated carbocycles. The Bertz CT molecular complexity index is 1510. The molecule has 4 aromatic rings. The van der Waals surface area contributed by atoms with Crippen molar-refractivity contribution in [3.8, 4) is 22.7 Å². The van der Waals surface area contributed by atoms with E-state index in [0.717, 1.165) is 34.8 Å². The minimum Gasteiger partial charge on any atom is -0.497 e. The van der Waals surface area contributed by atoms with Crippen molar-refractivity contribution in [2.75, 3.05) is 44.8 Å². The van der Waals surface area contributed by atoms with E-state index in [1.165, 1.54) is 6.07 Å². The zero-order valence-electron chi connectivity index (χ0n) is 22.1. The van der Waals surface area contributed by atoms with Crippen molar-refractivity contribution in [1.82, 2.24) is 14.7 Å². The van der Waals surface area contributed by atoms with Crippen molar-refractivity contribution in [1.29, 1.82) is 0 Å². The van der Waals surface area contributed by atoms with Gasteiger partial charge in [0.1, 0.15) is 5.75 Å². The molecule has 0 spiro atoms. The minimum atomic E-state index is -1.03. The van der Waals surface area contributed by atoms with Crippen LogP contribution < -0.4 is 9.64 Å². The van der Waals surface area contributed by atoms with Gasteiger partial charge >= 0.3 is 5.97 Å². The van der Waals surface area contributed by atoms with E-state index in [9.17, 15) is 18.4 Å². The summed E-state index contributed by atoms with van der Waals surface area (Å²) in [6, 6.07) is 20.2. The standard InChI is InChI=1S/C30H28F2N4O4/c1-3-40-30(38)27-19-28(36(33-27)23-9-11-24(39-2)12-10-23)20-4-7-22(8-5-20)34-14-16-35(17-15-34)29(37)21-6-13-25(31)26(32)18-21/h4-13,18-19H,3,14-17H2,1-2H3. The third-order valence-corrected chi connectivity index (χ3v) is 6.77. The number of hydrogen-bond acceptors (Lipinski definition) is 6. The zero-order chi connectivity index (χ0) is 28.2. The average Bonchev–Trinajstić information content (AvgIpc) is 3.44. The quantitative estimate of drug-likeness (QED) is 0.305. The van der Waals surface area contributed by atoms with Crippen LogP contribution in [0.2, 0.25) is 0 Å². The zero-order valence-corrected chi connectivity index (χ0v) is 22.1. The number of benzene rings is 3. The molecule has 0 radical (unpaired) electrons. The van der Waals surface area contributed by atoms with Gasteiger partial charge in [0, 0.05) is 43.0 Å². The van der Waals surface area contributed by atoms with E-state index in [4.69, 9.17) is 9.47 Å². The maximum absolute atomic E-state index is 13.6. The first kappa shape index (κ1) is 26.9. The van der Waals surface area contributed by atoms with E-state index in [0.29, 0.717) is 31.9 Å². The third-order valence-electron chi connectivity index (χ3n) is 6.77. The van der Waals surface area contributed by atoms with Crippen LogP contribution in [0.4, 0.5) is 14.5 Å². The monoisotopic (exact) mass is 546 g/mol. The molecule has 2 heterocycles. The lowest BCUT2D eigenvalue weighted by molar-refractivity contribution is 0.0518. The molecule has 1 aliphatic heterocycles. The summed E-state index contributed by atoms with van der Waals surface area (Å²) in [5, 5.41) is 4.51. The number of ether oxygens (including phenoxy) is 2. The van der Waals surface area contributed by atoms with E-state index in [2.05, 4.69) is 10.00 Å². The van der Waals surface area contributed by atoms with Crippen LogP contribution >= 0.6 is 0 Å². The van der Waals surface area contributed by atoms with Crippen molar-refractivity contribution in [2.24, 2.45) is 0 Å². The number of amides is 1. The number of hydrogen-bond donors (Lipinski definition) is 0. The minimum absolute atomic E-state index is 0.132. The number of rotatable bonds is 7. The maximum Gasteiger partial charge on any atom is 0.358 e. The third kappa shape index (κ3) is 5.51. The molecule has 0 aliphatic carbocycles. The summed E-state index contributed by atoms with van der Waals surface area (Å²) in [5.41, 5.74) is 3.66. The summed E-state index contributed by atoms with van der Waals surface area (Å²) in [4.78, 5) is 29.0. The van der Waals surface area contributed by atoms with Gasteiger partial charge in [-0.25, -0.2) is 18.3 Å². The van der Waals surface area contributed by atoms with Gasteiger partial charge in [-0.05, 0) is 67.6 Å². The lowest BCUT2D eigenvalue weighted by Gasteiger charge is -2.36. The van der Waals surface area contributed by atoms with Crippen LogP contribution in [0.5, 0.6) is 5.75 Å². The predicted octanol–water partition coefficient (Wildman–Crippen LogP) is 4.97. The van der Waals surface area contributed by atoms with Crippen LogP contribution in [-0.2, 0) is 4.74 Å². The molecule has 0 bridgehead atoms. The number of aromatic nitrogens is 2. The van der Waals surface area contributed by atoms with Crippen LogP contribution in [0.25, 0.3) is 16.9 Å². The fourth-order valence-electron chi connectivity index (χ4n) is 4.63. The number of halogens is 2. The first-order valence-electron chi connectivity index (χ1n) is 12.9. The lowest BCUT2D eigenvalue weighted by atomic mass is 10.1. The number of esters is 1. The van der Waals surface area contributed by atoms with E-state index in [-0.39, 0.29) is 23.8 Å². The molecular formula is C30H28F2N4O4. The van der Waals surface area contributed by atoms with Gasteiger partial charge in [-0.3, -0.25) is 4.79 Å². The van der Waals surface area contributed by atoms with Gasteiger partial charge in [0.25, 0.3) is 5.91 Å². The molecule has 1 aromatic heterocycles. The molecule has 40 heavy (non-hydrogen) atoms. The van der Waals surface area contributed by atoms with Gasteiger partial charge in [-0.15, -0.1) is 0 Å². The molecule has 0 atom stereocenters. The van der Waals surface area contributed by atoms with Crippen molar-refractivity contribution in [3.05, 3.63) is 95.7 Å². The molecule has 1 amide bonds. The van der Waals surface area contributed by atoms with Crippen LogP contribution in [0.1, 0.15) is 27.8 Å². The summed E-state index contributed by atoms with van der Waals surface area (Å²) >= 11 is 0. The van der Waals surface area contributed by atoms with E-state index in [1.54, 1.807) is 29.7 Å². The maximum atomic E-state index is 13.6. The van der Waals surface area contributed by atoms with Crippen LogP contribution in [-0.4, -0.2) is 66.5 Å². The Morgan fingerprint density at radius 3 is 2.15 bits per heavy atom. The number of methoxy groups -OCH3 is 1. The summed E-state index contributed by atoms with van der Waals surface area (Å²) in [6.07, 6.45) is 0. The molecule has 5 rings (SSSR count). The Kier molecular flexibility index (Phi) is 7.77. The molecular weight excluding hydrogens is 518 g/mol. The fraction of sp³-hybridized carbons (Fsp3) is 0.233. The largest absolute Gasteiger partial charge is 0.497 e. The summed E-state index contributed by atoms with van der Waals surface area (Å²) in [5.74, 6) is -2.12. The molecule has 0 N–H and O–H groups in total. The Hall–Kier alpha value is -4.73. The Morgan fingerprint density at radius 1 is 0.850 bits per heavy atom. The molecule has 3 aromatic carbocycles. The lowest BCUT2D eigenvalue weighted by Crippen LogP contribution is -2.48. The average molecular weight is 547 g/mol. The van der Waals surface area contributed by atoms with Gasteiger partial charge in [0.2, 0.25) is 0 Å². The van der Waals surface area contributed by atoms with E-state index < -0.39 is 17.6 Å². The van der Waals surface area contributed by atoms with E-state index in [1.807, 2.05) is 48.5 Å². The highest BCUT2D eigenvalue weighted by atomic mass is 19.2. The van der Waals surface area contributed by atoms with Crippen LogP contribution in [0.15, 0.2) is 72.8 Å². The first-order chi connectivity index (χ1) is 19.4. The van der Waals surface area contributed by atoms with Gasteiger partial charge in [0.15, 0.2) is 17.3 Å².